The summed E-state index contributed by atoms with van der Waals surface area (Å²) < 4.78 is 36.1. The van der Waals surface area contributed by atoms with Crippen LogP contribution >= 0.6 is 22.9 Å². The zero-order valence-corrected chi connectivity index (χ0v) is 21.1. The van der Waals surface area contributed by atoms with E-state index in [2.05, 4.69) is 11.9 Å². The zero-order valence-electron chi connectivity index (χ0n) is 18.7. The molecule has 3 aromatic rings. The minimum Gasteiger partial charge on any atom is -0.373 e. The first-order valence-corrected chi connectivity index (χ1v) is 13.5. The highest BCUT2D eigenvalue weighted by Gasteiger charge is 2.32. The molecule has 0 bridgehead atoms. The van der Waals surface area contributed by atoms with Crippen molar-refractivity contribution in [2.75, 3.05) is 13.1 Å². The van der Waals surface area contributed by atoms with Crippen LogP contribution in [0.25, 0.3) is 10.2 Å². The topological polar surface area (TPSA) is 81.0 Å². The number of carbonyl (C=O) groups excluding carboxylic acids is 1. The van der Waals surface area contributed by atoms with E-state index in [1.54, 1.807) is 0 Å². The number of carbonyl (C=O) groups is 1. The van der Waals surface area contributed by atoms with E-state index in [-0.39, 0.29) is 17.1 Å². The van der Waals surface area contributed by atoms with Crippen LogP contribution in [0.4, 0.5) is 0 Å². The number of amides is 1. The summed E-state index contributed by atoms with van der Waals surface area (Å²) >= 11 is 7.53. The molecule has 1 fully saturated rings. The van der Waals surface area contributed by atoms with Crippen molar-refractivity contribution in [1.82, 2.24) is 8.87 Å². The van der Waals surface area contributed by atoms with Crippen LogP contribution in [0.2, 0.25) is 5.02 Å². The van der Waals surface area contributed by atoms with Crippen molar-refractivity contribution in [2.45, 2.75) is 50.8 Å². The molecule has 2 heterocycles. The van der Waals surface area contributed by atoms with E-state index >= 15 is 0 Å². The van der Waals surface area contributed by atoms with Gasteiger partial charge in [0.1, 0.15) is 0 Å². The van der Waals surface area contributed by atoms with Gasteiger partial charge >= 0.3 is 0 Å². The summed E-state index contributed by atoms with van der Waals surface area (Å²) in [7, 11) is -3.67. The fraction of sp³-hybridized carbons (Fsp3) is 0.391. The zero-order chi connectivity index (χ0) is 23.8. The molecule has 0 radical (unpaired) electrons. The molecule has 1 saturated heterocycles. The summed E-state index contributed by atoms with van der Waals surface area (Å²) in [6.07, 6.45) is 0.546. The molecule has 176 valence electrons. The van der Waals surface area contributed by atoms with E-state index in [4.69, 9.17) is 16.3 Å². The Kier molecular flexibility index (Phi) is 7.07. The molecule has 2 aromatic carbocycles. The second kappa shape index (κ2) is 9.68. The summed E-state index contributed by atoms with van der Waals surface area (Å²) in [5.41, 5.74) is 1.31. The molecule has 1 amide bonds. The second-order valence-corrected chi connectivity index (χ2v) is 11.6. The highest BCUT2D eigenvalue weighted by Crippen LogP contribution is 2.23. The van der Waals surface area contributed by atoms with Gasteiger partial charge in [-0.3, -0.25) is 4.79 Å². The van der Waals surface area contributed by atoms with E-state index in [0.717, 1.165) is 23.2 Å². The standard InChI is InChI=1S/C23H26ClN3O4S2/c1-4-11-27-20-10-7-18(24)12-21(20)32-23(27)25-22(28)17-5-8-19(9-6-17)33(29,30)26-13-15(2)31-16(3)14-26/h5-10,12,15-16H,4,11,13-14H2,1-3H3. The van der Waals surface area contributed by atoms with Crippen molar-refractivity contribution in [3.63, 3.8) is 0 Å². The fourth-order valence-corrected chi connectivity index (χ4v) is 6.89. The van der Waals surface area contributed by atoms with Crippen LogP contribution in [0, 0.1) is 0 Å². The van der Waals surface area contributed by atoms with Gasteiger partial charge in [0.25, 0.3) is 5.91 Å². The Morgan fingerprint density at radius 2 is 1.82 bits per heavy atom. The maximum Gasteiger partial charge on any atom is 0.279 e. The Balaban J connectivity index is 1.63. The number of aryl methyl sites for hydroxylation is 1. The molecule has 10 heteroatoms. The molecule has 0 saturated carbocycles. The van der Waals surface area contributed by atoms with Crippen molar-refractivity contribution in [3.05, 3.63) is 57.9 Å². The summed E-state index contributed by atoms with van der Waals surface area (Å²) in [6, 6.07) is 11.6. The Hall–Kier alpha value is -2.04. The van der Waals surface area contributed by atoms with Crippen LogP contribution < -0.4 is 4.80 Å². The number of fused-ring (bicyclic) bond motifs is 1. The number of rotatable bonds is 5. The predicted molar refractivity (Wildman–Crippen MR) is 130 cm³/mol. The lowest BCUT2D eigenvalue weighted by Gasteiger charge is -2.34. The van der Waals surface area contributed by atoms with Gasteiger partial charge in [0.15, 0.2) is 4.80 Å². The highest BCUT2D eigenvalue weighted by atomic mass is 35.5. The molecule has 0 spiro atoms. The minimum absolute atomic E-state index is 0.151. The Morgan fingerprint density at radius 3 is 2.45 bits per heavy atom. The quantitative estimate of drug-likeness (QED) is 0.515. The van der Waals surface area contributed by atoms with Gasteiger partial charge in [-0.25, -0.2) is 8.42 Å². The van der Waals surface area contributed by atoms with Crippen LogP contribution in [0.5, 0.6) is 0 Å². The number of hydrogen-bond donors (Lipinski definition) is 0. The Morgan fingerprint density at radius 1 is 1.15 bits per heavy atom. The van der Waals surface area contributed by atoms with Crippen molar-refractivity contribution >= 4 is 49.1 Å². The average molecular weight is 508 g/mol. The predicted octanol–water partition coefficient (Wildman–Crippen LogP) is 4.31. The normalized spacial score (nSPS) is 20.4. The van der Waals surface area contributed by atoms with Crippen LogP contribution in [-0.4, -0.2) is 48.5 Å². The van der Waals surface area contributed by atoms with Gasteiger partial charge in [-0.05, 0) is 62.7 Å². The van der Waals surface area contributed by atoms with Crippen LogP contribution in [0.3, 0.4) is 0 Å². The van der Waals surface area contributed by atoms with E-state index in [9.17, 15) is 13.2 Å². The monoisotopic (exact) mass is 507 g/mol. The highest BCUT2D eigenvalue weighted by molar-refractivity contribution is 7.89. The first-order valence-electron chi connectivity index (χ1n) is 10.8. The van der Waals surface area contributed by atoms with E-state index in [1.165, 1.54) is 39.9 Å². The van der Waals surface area contributed by atoms with Crippen molar-refractivity contribution in [1.29, 1.82) is 0 Å². The third-order valence-corrected chi connectivity index (χ3v) is 8.54. The summed E-state index contributed by atoms with van der Waals surface area (Å²) in [5, 5.41) is 0.631. The molecule has 1 aliphatic heterocycles. The number of thiazole rings is 1. The summed E-state index contributed by atoms with van der Waals surface area (Å²) in [4.78, 5) is 18.0. The average Bonchev–Trinajstić information content (AvgIpc) is 3.09. The molecule has 1 aromatic heterocycles. The van der Waals surface area contributed by atoms with Gasteiger partial charge in [-0.1, -0.05) is 29.9 Å². The molecule has 33 heavy (non-hydrogen) atoms. The van der Waals surface area contributed by atoms with Crippen LogP contribution in [0.15, 0.2) is 52.4 Å². The smallest absolute Gasteiger partial charge is 0.279 e. The van der Waals surface area contributed by atoms with Gasteiger partial charge in [0.2, 0.25) is 10.0 Å². The molecule has 2 atom stereocenters. The number of sulfonamides is 1. The van der Waals surface area contributed by atoms with Crippen LogP contribution in [-0.2, 0) is 21.3 Å². The lowest BCUT2D eigenvalue weighted by Crippen LogP contribution is -2.48. The maximum absolute atomic E-state index is 13.0. The molecular formula is C23H26ClN3O4S2. The number of benzene rings is 2. The van der Waals surface area contributed by atoms with E-state index < -0.39 is 15.9 Å². The molecule has 2 unspecified atom stereocenters. The summed E-state index contributed by atoms with van der Waals surface area (Å²) in [5.74, 6) is -0.421. The largest absolute Gasteiger partial charge is 0.373 e. The number of aromatic nitrogens is 1. The van der Waals surface area contributed by atoms with Gasteiger partial charge in [0, 0.05) is 30.2 Å². The number of halogens is 1. The first-order chi connectivity index (χ1) is 15.7. The molecule has 1 aliphatic rings. The lowest BCUT2D eigenvalue weighted by molar-refractivity contribution is -0.0440. The molecule has 0 N–H and O–H groups in total. The number of morpholine rings is 1. The molecular weight excluding hydrogens is 482 g/mol. The third kappa shape index (κ3) is 5.07. The molecule has 0 aliphatic carbocycles. The first kappa shape index (κ1) is 24.1. The van der Waals surface area contributed by atoms with Crippen LogP contribution in [0.1, 0.15) is 37.6 Å². The van der Waals surface area contributed by atoms with Crippen molar-refractivity contribution in [2.24, 2.45) is 4.99 Å². The van der Waals surface area contributed by atoms with Crippen molar-refractivity contribution < 1.29 is 17.9 Å². The van der Waals surface area contributed by atoms with Gasteiger partial charge < -0.3 is 9.30 Å². The van der Waals surface area contributed by atoms with Gasteiger partial charge in [-0.2, -0.15) is 9.30 Å². The molecule has 7 nitrogen and oxygen atoms in total. The minimum atomic E-state index is -3.67. The number of hydrogen-bond acceptors (Lipinski definition) is 5. The number of nitrogens with zero attached hydrogens (tertiary/aromatic N) is 3. The lowest BCUT2D eigenvalue weighted by atomic mass is 10.2. The SMILES string of the molecule is CCCn1c(=NC(=O)c2ccc(S(=O)(=O)N3CC(C)OC(C)C3)cc2)sc2cc(Cl)ccc21. The maximum atomic E-state index is 13.0. The summed E-state index contributed by atoms with van der Waals surface area (Å²) in [6.45, 7) is 7.10. The second-order valence-electron chi connectivity index (χ2n) is 8.17. The Bertz CT molecular complexity index is 1340. The Labute approximate surface area is 202 Å². The van der Waals surface area contributed by atoms with E-state index in [1.807, 2.05) is 36.6 Å². The van der Waals surface area contributed by atoms with Crippen molar-refractivity contribution in [3.8, 4) is 0 Å². The van der Waals surface area contributed by atoms with E-state index in [0.29, 0.717) is 28.5 Å². The molecule has 4 rings (SSSR count). The fourth-order valence-electron chi connectivity index (χ4n) is 3.97. The van der Waals surface area contributed by atoms with Gasteiger partial charge in [-0.15, -0.1) is 0 Å². The van der Waals surface area contributed by atoms with Gasteiger partial charge in [0.05, 0.1) is 27.3 Å². The number of ether oxygens (including phenoxy) is 1. The third-order valence-electron chi connectivity index (χ3n) is 5.41.